The number of thiazole rings is 2. The van der Waals surface area contributed by atoms with Crippen LogP contribution in [-0.2, 0) is 0 Å². The Morgan fingerprint density at radius 3 is 2.57 bits per heavy atom. The van der Waals surface area contributed by atoms with Gasteiger partial charge in [0.25, 0.3) is 0 Å². The topological polar surface area (TPSA) is 52.8 Å². The summed E-state index contributed by atoms with van der Waals surface area (Å²) in [5.74, 6) is -0.309. The third-order valence-electron chi connectivity index (χ3n) is 3.21. The van der Waals surface area contributed by atoms with E-state index in [0.29, 0.717) is 10.6 Å². The second-order valence-corrected chi connectivity index (χ2v) is 6.94. The van der Waals surface area contributed by atoms with Crippen molar-refractivity contribution in [3.8, 4) is 17.3 Å². The minimum Gasteiger partial charge on any atom is -0.305 e. The van der Waals surface area contributed by atoms with E-state index in [1.807, 2.05) is 0 Å². The van der Waals surface area contributed by atoms with E-state index in [4.69, 9.17) is 0 Å². The van der Waals surface area contributed by atoms with Crippen LogP contribution < -0.4 is 4.90 Å². The molecule has 2 aromatic heterocycles. The summed E-state index contributed by atoms with van der Waals surface area (Å²) < 4.78 is 13.1. The van der Waals surface area contributed by atoms with Gasteiger partial charge in [-0.1, -0.05) is 11.3 Å². The van der Waals surface area contributed by atoms with Crippen LogP contribution in [-0.4, -0.2) is 16.0 Å². The maximum Gasteiger partial charge on any atom is 0.192 e. The number of nitriles is 1. The standard InChI is InChI=1S/C16H13FN4S2/c1-10(2)21(14-8-19-9-22-14)16-20-15(13(7-18)23-16)11-3-5-12(17)6-4-11/h3-6,8-10H,1-2H3. The van der Waals surface area contributed by atoms with Crippen LogP contribution in [0.25, 0.3) is 11.3 Å². The highest BCUT2D eigenvalue weighted by atomic mass is 32.1. The molecule has 0 unspecified atom stereocenters. The molecule has 0 saturated heterocycles. The van der Waals surface area contributed by atoms with E-state index < -0.39 is 0 Å². The molecule has 0 amide bonds. The van der Waals surface area contributed by atoms with Crippen molar-refractivity contribution in [2.24, 2.45) is 0 Å². The van der Waals surface area contributed by atoms with E-state index >= 15 is 0 Å². The van der Waals surface area contributed by atoms with Gasteiger partial charge in [-0.3, -0.25) is 4.98 Å². The molecule has 1 aromatic carbocycles. The molecule has 0 aliphatic heterocycles. The third-order valence-corrected chi connectivity index (χ3v) is 4.94. The van der Waals surface area contributed by atoms with E-state index in [1.165, 1.54) is 34.8 Å². The van der Waals surface area contributed by atoms with Crippen LogP contribution in [0.5, 0.6) is 0 Å². The van der Waals surface area contributed by atoms with Crippen LogP contribution in [0.2, 0.25) is 0 Å². The Kier molecular flexibility index (Phi) is 4.37. The van der Waals surface area contributed by atoms with E-state index in [1.54, 1.807) is 23.8 Å². The molecule has 0 atom stereocenters. The van der Waals surface area contributed by atoms with Crippen molar-refractivity contribution in [1.29, 1.82) is 5.26 Å². The van der Waals surface area contributed by atoms with Crippen LogP contribution in [0, 0.1) is 17.1 Å². The second-order valence-electron chi connectivity index (χ2n) is 5.10. The molecule has 0 N–H and O–H groups in total. The molecule has 0 bridgehead atoms. The van der Waals surface area contributed by atoms with Gasteiger partial charge in [-0.15, -0.1) is 11.3 Å². The Balaban J connectivity index is 2.08. The van der Waals surface area contributed by atoms with Gasteiger partial charge in [-0.05, 0) is 38.1 Å². The van der Waals surface area contributed by atoms with Crippen molar-refractivity contribution < 1.29 is 4.39 Å². The summed E-state index contributed by atoms with van der Waals surface area (Å²) in [6.07, 6.45) is 1.79. The highest BCUT2D eigenvalue weighted by molar-refractivity contribution is 7.17. The first-order valence-corrected chi connectivity index (χ1v) is 8.64. The Hall–Kier alpha value is -2.30. The smallest absolute Gasteiger partial charge is 0.192 e. The Morgan fingerprint density at radius 2 is 2.00 bits per heavy atom. The monoisotopic (exact) mass is 344 g/mol. The Bertz CT molecular complexity index is 832. The summed E-state index contributed by atoms with van der Waals surface area (Å²) in [6, 6.07) is 8.40. The summed E-state index contributed by atoms with van der Waals surface area (Å²) in [7, 11) is 0. The lowest BCUT2D eigenvalue weighted by molar-refractivity contribution is 0.628. The lowest BCUT2D eigenvalue weighted by Gasteiger charge is -2.23. The predicted octanol–water partition coefficient (Wildman–Crippen LogP) is 4.82. The molecule has 0 fully saturated rings. The van der Waals surface area contributed by atoms with E-state index in [0.717, 1.165) is 15.7 Å². The maximum atomic E-state index is 13.1. The van der Waals surface area contributed by atoms with Gasteiger partial charge >= 0.3 is 0 Å². The summed E-state index contributed by atoms with van der Waals surface area (Å²) in [5, 5.41) is 11.1. The molecule has 0 saturated carbocycles. The van der Waals surface area contributed by atoms with Gasteiger partial charge in [0, 0.05) is 11.6 Å². The second kappa shape index (κ2) is 6.44. The molecular weight excluding hydrogens is 331 g/mol. The number of hydrogen-bond acceptors (Lipinski definition) is 6. The number of halogens is 1. The average Bonchev–Trinajstić information content (AvgIpc) is 3.18. The molecule has 3 rings (SSSR count). The van der Waals surface area contributed by atoms with Gasteiger partial charge in [0.15, 0.2) is 5.13 Å². The SMILES string of the molecule is CC(C)N(c1cncs1)c1nc(-c2ccc(F)cc2)c(C#N)s1. The minimum absolute atomic E-state index is 0.175. The number of benzene rings is 1. The zero-order valence-electron chi connectivity index (χ0n) is 12.5. The minimum atomic E-state index is -0.309. The van der Waals surface area contributed by atoms with Gasteiger partial charge in [0.1, 0.15) is 27.5 Å². The predicted molar refractivity (Wildman–Crippen MR) is 91.6 cm³/mol. The quantitative estimate of drug-likeness (QED) is 0.680. The van der Waals surface area contributed by atoms with Crippen molar-refractivity contribution in [2.45, 2.75) is 19.9 Å². The highest BCUT2D eigenvalue weighted by Gasteiger charge is 2.22. The first kappa shape index (κ1) is 15.6. The zero-order chi connectivity index (χ0) is 16.4. The van der Waals surface area contributed by atoms with Crippen LogP contribution >= 0.6 is 22.7 Å². The first-order valence-electron chi connectivity index (χ1n) is 6.94. The Morgan fingerprint density at radius 1 is 1.26 bits per heavy atom. The zero-order valence-corrected chi connectivity index (χ0v) is 14.2. The van der Waals surface area contributed by atoms with Crippen LogP contribution in [0.1, 0.15) is 18.7 Å². The fourth-order valence-corrected chi connectivity index (χ4v) is 4.04. The number of rotatable bonds is 4. The van der Waals surface area contributed by atoms with E-state index in [2.05, 4.69) is 34.8 Å². The van der Waals surface area contributed by atoms with Crippen molar-refractivity contribution in [3.05, 3.63) is 46.7 Å². The molecule has 116 valence electrons. The van der Waals surface area contributed by atoms with E-state index in [-0.39, 0.29) is 11.9 Å². The lowest BCUT2D eigenvalue weighted by Crippen LogP contribution is -2.24. The summed E-state index contributed by atoms with van der Waals surface area (Å²) in [6.45, 7) is 4.12. The van der Waals surface area contributed by atoms with Gasteiger partial charge in [-0.25, -0.2) is 9.37 Å². The fourth-order valence-electron chi connectivity index (χ4n) is 2.19. The lowest BCUT2D eigenvalue weighted by atomic mass is 10.1. The molecule has 0 aliphatic carbocycles. The van der Waals surface area contributed by atoms with Gasteiger partial charge in [-0.2, -0.15) is 5.26 Å². The normalized spacial score (nSPS) is 10.7. The summed E-state index contributed by atoms with van der Waals surface area (Å²) in [5.41, 5.74) is 3.09. The van der Waals surface area contributed by atoms with Crippen molar-refractivity contribution in [2.75, 3.05) is 4.90 Å². The van der Waals surface area contributed by atoms with Gasteiger partial charge < -0.3 is 4.90 Å². The molecule has 23 heavy (non-hydrogen) atoms. The maximum absolute atomic E-state index is 13.1. The largest absolute Gasteiger partial charge is 0.305 e. The molecule has 0 spiro atoms. The molecule has 4 nitrogen and oxygen atoms in total. The molecule has 3 aromatic rings. The molecule has 0 radical (unpaired) electrons. The van der Waals surface area contributed by atoms with Crippen LogP contribution in [0.3, 0.4) is 0 Å². The highest BCUT2D eigenvalue weighted by Crippen LogP contribution is 2.38. The van der Waals surface area contributed by atoms with E-state index in [9.17, 15) is 9.65 Å². The molecule has 7 heteroatoms. The molecule has 0 aliphatic rings. The van der Waals surface area contributed by atoms with Gasteiger partial charge in [0.2, 0.25) is 0 Å². The summed E-state index contributed by atoms with van der Waals surface area (Å²) in [4.78, 5) is 11.3. The molecular formula is C16H13FN4S2. The summed E-state index contributed by atoms with van der Waals surface area (Å²) >= 11 is 2.86. The van der Waals surface area contributed by atoms with Crippen LogP contribution in [0.15, 0.2) is 36.0 Å². The van der Waals surface area contributed by atoms with Crippen molar-refractivity contribution in [3.63, 3.8) is 0 Å². The molecule has 2 heterocycles. The average molecular weight is 344 g/mol. The van der Waals surface area contributed by atoms with Gasteiger partial charge in [0.05, 0.1) is 11.7 Å². The number of nitrogens with zero attached hydrogens (tertiary/aromatic N) is 4. The Labute approximate surface area is 141 Å². The van der Waals surface area contributed by atoms with Crippen LogP contribution in [0.4, 0.5) is 14.5 Å². The fraction of sp³-hybridized carbons (Fsp3) is 0.188. The number of anilines is 2. The van der Waals surface area contributed by atoms with Crippen molar-refractivity contribution in [1.82, 2.24) is 9.97 Å². The first-order chi connectivity index (χ1) is 11.1. The number of hydrogen-bond donors (Lipinski definition) is 0. The van der Waals surface area contributed by atoms with Crippen molar-refractivity contribution >= 4 is 32.8 Å². The number of aromatic nitrogens is 2. The third kappa shape index (κ3) is 3.09.